The molecule has 3 rings (SSSR count). The van der Waals surface area contributed by atoms with Crippen molar-refractivity contribution >= 4 is 29.2 Å². The van der Waals surface area contributed by atoms with E-state index in [1.165, 1.54) is 11.1 Å². The standard InChI is InChI=1S/C20H19ClN4O2/c1-20(2,3)27-19(26)25(15-9-7-14(21)8-10-15)18-13-22-12-17(24-18)16-6-4-5-11-23-16/h4-13H,1-3H3. The molecule has 0 spiro atoms. The molecule has 2 heterocycles. The van der Waals surface area contributed by atoms with E-state index in [0.717, 1.165) is 0 Å². The van der Waals surface area contributed by atoms with E-state index < -0.39 is 11.7 Å². The molecule has 27 heavy (non-hydrogen) atoms. The maximum Gasteiger partial charge on any atom is 0.420 e. The van der Waals surface area contributed by atoms with Gasteiger partial charge in [0.1, 0.15) is 11.3 Å². The summed E-state index contributed by atoms with van der Waals surface area (Å²) < 4.78 is 5.56. The Labute approximate surface area is 162 Å². The number of amides is 1. The Morgan fingerprint density at radius 3 is 2.41 bits per heavy atom. The molecule has 0 fully saturated rings. The smallest absolute Gasteiger partial charge is 0.420 e. The lowest BCUT2D eigenvalue weighted by Crippen LogP contribution is -2.34. The second-order valence-electron chi connectivity index (χ2n) is 6.77. The summed E-state index contributed by atoms with van der Waals surface area (Å²) in [6.45, 7) is 5.42. The average Bonchev–Trinajstić information content (AvgIpc) is 2.63. The fourth-order valence-electron chi connectivity index (χ4n) is 2.33. The lowest BCUT2D eigenvalue weighted by molar-refractivity contribution is 0.0598. The lowest BCUT2D eigenvalue weighted by atomic mass is 10.2. The van der Waals surface area contributed by atoms with E-state index >= 15 is 0 Å². The van der Waals surface area contributed by atoms with Gasteiger partial charge in [-0.05, 0) is 57.2 Å². The monoisotopic (exact) mass is 382 g/mol. The van der Waals surface area contributed by atoms with Crippen LogP contribution < -0.4 is 4.90 Å². The molecule has 0 unspecified atom stereocenters. The van der Waals surface area contributed by atoms with Crippen LogP contribution in [0.2, 0.25) is 5.02 Å². The van der Waals surface area contributed by atoms with Gasteiger partial charge < -0.3 is 4.74 Å². The Balaban J connectivity index is 2.05. The molecule has 6 nitrogen and oxygen atoms in total. The number of carbonyl (C=O) groups excluding carboxylic acids is 1. The summed E-state index contributed by atoms with van der Waals surface area (Å²) in [6.07, 6.45) is 4.22. The molecule has 0 saturated heterocycles. The van der Waals surface area contributed by atoms with Gasteiger partial charge in [0.2, 0.25) is 0 Å². The van der Waals surface area contributed by atoms with Crippen LogP contribution >= 0.6 is 11.6 Å². The number of nitrogens with zero attached hydrogens (tertiary/aromatic N) is 4. The summed E-state index contributed by atoms with van der Waals surface area (Å²) >= 11 is 5.98. The largest absolute Gasteiger partial charge is 0.443 e. The number of hydrogen-bond acceptors (Lipinski definition) is 5. The number of anilines is 2. The van der Waals surface area contributed by atoms with Gasteiger partial charge in [0.15, 0.2) is 5.82 Å². The zero-order valence-electron chi connectivity index (χ0n) is 15.3. The van der Waals surface area contributed by atoms with Crippen LogP contribution in [-0.2, 0) is 4.74 Å². The maximum absolute atomic E-state index is 12.9. The van der Waals surface area contributed by atoms with Crippen molar-refractivity contribution in [2.45, 2.75) is 26.4 Å². The number of carbonyl (C=O) groups is 1. The van der Waals surface area contributed by atoms with Crippen molar-refractivity contribution in [2.75, 3.05) is 4.90 Å². The number of hydrogen-bond donors (Lipinski definition) is 0. The van der Waals surface area contributed by atoms with Gasteiger partial charge in [0.25, 0.3) is 0 Å². The van der Waals surface area contributed by atoms with E-state index in [1.807, 2.05) is 18.2 Å². The van der Waals surface area contributed by atoms with Gasteiger partial charge in [0, 0.05) is 11.2 Å². The predicted molar refractivity (Wildman–Crippen MR) is 105 cm³/mol. The van der Waals surface area contributed by atoms with Crippen molar-refractivity contribution in [3.63, 3.8) is 0 Å². The van der Waals surface area contributed by atoms with E-state index in [9.17, 15) is 4.79 Å². The van der Waals surface area contributed by atoms with Gasteiger partial charge in [-0.2, -0.15) is 0 Å². The van der Waals surface area contributed by atoms with Crippen molar-refractivity contribution in [3.05, 3.63) is 66.1 Å². The zero-order chi connectivity index (χ0) is 19.4. The lowest BCUT2D eigenvalue weighted by Gasteiger charge is -2.26. The number of pyridine rings is 1. The Kier molecular flexibility index (Phi) is 5.37. The minimum atomic E-state index is -0.659. The quantitative estimate of drug-likeness (QED) is 0.617. The van der Waals surface area contributed by atoms with Crippen molar-refractivity contribution in [1.82, 2.24) is 15.0 Å². The van der Waals surface area contributed by atoms with Gasteiger partial charge in [0.05, 0.1) is 23.8 Å². The van der Waals surface area contributed by atoms with Crippen LogP contribution in [-0.4, -0.2) is 26.6 Å². The van der Waals surface area contributed by atoms with Gasteiger partial charge in [-0.3, -0.25) is 9.97 Å². The van der Waals surface area contributed by atoms with Crippen molar-refractivity contribution in [3.8, 4) is 11.4 Å². The van der Waals surface area contributed by atoms with Crippen molar-refractivity contribution in [2.24, 2.45) is 0 Å². The number of rotatable bonds is 3. The number of ether oxygens (including phenoxy) is 1. The third kappa shape index (κ3) is 4.80. The Bertz CT molecular complexity index is 925. The van der Waals surface area contributed by atoms with Crippen molar-refractivity contribution in [1.29, 1.82) is 0 Å². The van der Waals surface area contributed by atoms with Gasteiger partial charge in [-0.15, -0.1) is 0 Å². The summed E-state index contributed by atoms with van der Waals surface area (Å²) in [5.41, 5.74) is 1.12. The molecular formula is C20H19ClN4O2. The van der Waals surface area contributed by atoms with E-state index in [2.05, 4.69) is 15.0 Å². The first-order valence-corrected chi connectivity index (χ1v) is 8.73. The Morgan fingerprint density at radius 1 is 1.04 bits per heavy atom. The third-order valence-electron chi connectivity index (χ3n) is 3.44. The highest BCUT2D eigenvalue weighted by Crippen LogP contribution is 2.28. The molecule has 138 valence electrons. The highest BCUT2D eigenvalue weighted by atomic mass is 35.5. The summed E-state index contributed by atoms with van der Waals surface area (Å²) in [5.74, 6) is 0.328. The molecule has 0 aliphatic carbocycles. The summed E-state index contributed by atoms with van der Waals surface area (Å²) in [7, 11) is 0. The highest BCUT2D eigenvalue weighted by molar-refractivity contribution is 6.30. The number of aromatic nitrogens is 3. The molecule has 0 radical (unpaired) electrons. The molecule has 0 saturated carbocycles. The molecular weight excluding hydrogens is 364 g/mol. The van der Waals surface area contributed by atoms with Gasteiger partial charge in [-0.1, -0.05) is 17.7 Å². The first-order valence-electron chi connectivity index (χ1n) is 8.35. The van der Waals surface area contributed by atoms with Crippen LogP contribution in [0.25, 0.3) is 11.4 Å². The molecule has 0 atom stereocenters. The van der Waals surface area contributed by atoms with Gasteiger partial charge in [-0.25, -0.2) is 14.7 Å². The van der Waals surface area contributed by atoms with E-state index in [1.54, 1.807) is 57.4 Å². The van der Waals surface area contributed by atoms with E-state index in [-0.39, 0.29) is 0 Å². The van der Waals surface area contributed by atoms with E-state index in [4.69, 9.17) is 16.3 Å². The normalized spacial score (nSPS) is 11.1. The molecule has 1 aromatic carbocycles. The number of halogens is 1. The Morgan fingerprint density at radius 2 is 1.78 bits per heavy atom. The fraction of sp³-hybridized carbons (Fsp3) is 0.200. The fourth-order valence-corrected chi connectivity index (χ4v) is 2.46. The molecule has 0 aliphatic heterocycles. The third-order valence-corrected chi connectivity index (χ3v) is 3.69. The molecule has 7 heteroatoms. The highest BCUT2D eigenvalue weighted by Gasteiger charge is 2.26. The maximum atomic E-state index is 12.9. The average molecular weight is 383 g/mol. The van der Waals surface area contributed by atoms with Crippen LogP contribution in [0.3, 0.4) is 0 Å². The van der Waals surface area contributed by atoms with Crippen LogP contribution in [0.5, 0.6) is 0 Å². The minimum absolute atomic E-state index is 0.328. The van der Waals surface area contributed by atoms with Crippen LogP contribution in [0.4, 0.5) is 16.3 Å². The first-order chi connectivity index (χ1) is 12.8. The predicted octanol–water partition coefficient (Wildman–Crippen LogP) is 5.27. The molecule has 0 N–H and O–H groups in total. The SMILES string of the molecule is CC(C)(C)OC(=O)N(c1ccc(Cl)cc1)c1cncc(-c2ccccn2)n1. The number of benzene rings is 1. The molecule has 0 bridgehead atoms. The molecule has 3 aromatic rings. The first kappa shape index (κ1) is 18.8. The minimum Gasteiger partial charge on any atom is -0.443 e. The molecule has 0 aliphatic rings. The zero-order valence-corrected chi connectivity index (χ0v) is 16.0. The molecule has 1 amide bonds. The Hall–Kier alpha value is -2.99. The van der Waals surface area contributed by atoms with Crippen molar-refractivity contribution < 1.29 is 9.53 Å². The summed E-state index contributed by atoms with van der Waals surface area (Å²) in [6, 6.07) is 12.4. The topological polar surface area (TPSA) is 68.2 Å². The summed E-state index contributed by atoms with van der Waals surface area (Å²) in [5, 5.41) is 0.566. The second kappa shape index (κ2) is 7.72. The van der Waals surface area contributed by atoms with Crippen LogP contribution in [0, 0.1) is 0 Å². The van der Waals surface area contributed by atoms with Gasteiger partial charge >= 0.3 is 6.09 Å². The van der Waals surface area contributed by atoms with E-state index in [0.29, 0.717) is 27.9 Å². The van der Waals surface area contributed by atoms with Crippen LogP contribution in [0.15, 0.2) is 61.1 Å². The second-order valence-corrected chi connectivity index (χ2v) is 7.21. The molecule has 2 aromatic heterocycles. The van der Waals surface area contributed by atoms with Crippen LogP contribution in [0.1, 0.15) is 20.8 Å². The summed E-state index contributed by atoms with van der Waals surface area (Å²) in [4.78, 5) is 27.3.